The molecule has 1 unspecified atom stereocenters. The van der Waals surface area contributed by atoms with Gasteiger partial charge in [0.1, 0.15) is 0 Å². The Hall–Kier alpha value is -1.38. The minimum atomic E-state index is -3.79. The summed E-state index contributed by atoms with van der Waals surface area (Å²) in [7, 11) is -7.09. The molecule has 2 rings (SSSR count). The van der Waals surface area contributed by atoms with Gasteiger partial charge < -0.3 is 5.73 Å². The first kappa shape index (κ1) is 14.0. The molecule has 0 spiro atoms. The van der Waals surface area contributed by atoms with Gasteiger partial charge in [-0.3, -0.25) is 0 Å². The molecule has 0 bridgehead atoms. The van der Waals surface area contributed by atoms with Gasteiger partial charge in [-0.1, -0.05) is 12.1 Å². The molecule has 0 amide bonds. The van der Waals surface area contributed by atoms with Crippen LogP contribution in [0.3, 0.4) is 0 Å². The van der Waals surface area contributed by atoms with Crippen molar-refractivity contribution < 1.29 is 16.8 Å². The van der Waals surface area contributed by atoms with E-state index in [9.17, 15) is 16.8 Å². The van der Waals surface area contributed by atoms with Crippen LogP contribution >= 0.6 is 0 Å². The van der Waals surface area contributed by atoms with Crippen molar-refractivity contribution in [2.75, 3.05) is 11.5 Å². The van der Waals surface area contributed by atoms with Crippen LogP contribution in [-0.4, -0.2) is 28.6 Å². The number of hydrogen-bond acceptors (Lipinski definition) is 5. The minimum Gasteiger partial charge on any atom is -0.399 e. The molecule has 0 aromatic heterocycles. The third kappa shape index (κ3) is 3.14. The Balaban J connectivity index is 2.29. The van der Waals surface area contributed by atoms with Crippen molar-refractivity contribution in [2.45, 2.75) is 17.9 Å². The quantitative estimate of drug-likeness (QED) is 0.774. The third-order valence-electron chi connectivity index (χ3n) is 2.74. The summed E-state index contributed by atoms with van der Waals surface area (Å²) >= 11 is 0. The van der Waals surface area contributed by atoms with Crippen molar-refractivity contribution in [3.05, 3.63) is 35.2 Å². The van der Waals surface area contributed by atoms with E-state index in [1.54, 1.807) is 19.1 Å². The van der Waals surface area contributed by atoms with Gasteiger partial charge in [-0.05, 0) is 24.6 Å². The summed E-state index contributed by atoms with van der Waals surface area (Å²) in [5.74, 6) is -0.256. The number of nitrogens with two attached hydrogens (primary N) is 1. The Bertz CT molecular complexity index is 736. The van der Waals surface area contributed by atoms with Crippen LogP contribution in [0, 0.1) is 6.92 Å². The number of anilines is 1. The normalized spacial score (nSPS) is 21.6. The molecule has 0 radical (unpaired) electrons. The van der Waals surface area contributed by atoms with Crippen LogP contribution in [-0.2, 0) is 19.9 Å². The number of sulfonamides is 1. The first-order chi connectivity index (χ1) is 8.70. The Morgan fingerprint density at radius 1 is 1.37 bits per heavy atom. The van der Waals surface area contributed by atoms with E-state index in [0.29, 0.717) is 11.3 Å². The van der Waals surface area contributed by atoms with Crippen molar-refractivity contribution >= 4 is 25.5 Å². The van der Waals surface area contributed by atoms with Crippen molar-refractivity contribution in [2.24, 2.45) is 0 Å². The lowest BCUT2D eigenvalue weighted by atomic mass is 10.2. The summed E-state index contributed by atoms with van der Waals surface area (Å²) in [6, 6.07) is 3.82. The van der Waals surface area contributed by atoms with Gasteiger partial charge >= 0.3 is 0 Å². The number of benzene rings is 1. The number of nitrogen functional groups attached to an aromatic ring is 1. The Kier molecular flexibility index (Phi) is 3.41. The number of rotatable bonds is 3. The fourth-order valence-corrected chi connectivity index (χ4v) is 4.63. The highest BCUT2D eigenvalue weighted by Crippen LogP contribution is 2.19. The number of sulfone groups is 1. The molecular formula is C11H14N2O4S2. The summed E-state index contributed by atoms with van der Waals surface area (Å²) in [5.41, 5.74) is 6.45. The summed E-state index contributed by atoms with van der Waals surface area (Å²) in [5, 5.41) is 1.02. The van der Waals surface area contributed by atoms with Gasteiger partial charge in [-0.25, -0.2) is 21.6 Å². The number of hydrogen-bond donors (Lipinski definition) is 2. The van der Waals surface area contributed by atoms with E-state index in [-0.39, 0.29) is 10.6 Å². The Morgan fingerprint density at radius 3 is 2.63 bits per heavy atom. The second-order valence-electron chi connectivity index (χ2n) is 4.41. The van der Waals surface area contributed by atoms with Gasteiger partial charge in [0.25, 0.3) is 0 Å². The lowest BCUT2D eigenvalue weighted by Gasteiger charge is -2.13. The molecule has 6 nitrogen and oxygen atoms in total. The van der Waals surface area contributed by atoms with Crippen LogP contribution < -0.4 is 10.5 Å². The van der Waals surface area contributed by atoms with Crippen molar-refractivity contribution in [3.63, 3.8) is 0 Å². The van der Waals surface area contributed by atoms with Crippen LogP contribution in [0.4, 0.5) is 5.69 Å². The summed E-state index contributed by atoms with van der Waals surface area (Å²) < 4.78 is 49.2. The zero-order valence-electron chi connectivity index (χ0n) is 10.2. The summed E-state index contributed by atoms with van der Waals surface area (Å²) in [4.78, 5) is 0.0604. The maximum atomic E-state index is 12.2. The molecule has 0 saturated carbocycles. The van der Waals surface area contributed by atoms with Crippen LogP contribution in [0.5, 0.6) is 0 Å². The van der Waals surface area contributed by atoms with E-state index in [0.717, 1.165) is 5.41 Å². The van der Waals surface area contributed by atoms with Gasteiger partial charge in [-0.2, -0.15) is 0 Å². The van der Waals surface area contributed by atoms with Gasteiger partial charge in [-0.15, -0.1) is 0 Å². The molecule has 0 saturated heterocycles. The van der Waals surface area contributed by atoms with Gasteiger partial charge in [0.05, 0.1) is 16.7 Å². The maximum absolute atomic E-state index is 12.2. The van der Waals surface area contributed by atoms with Crippen LogP contribution in [0.2, 0.25) is 0 Å². The van der Waals surface area contributed by atoms with Crippen molar-refractivity contribution in [3.8, 4) is 0 Å². The van der Waals surface area contributed by atoms with Gasteiger partial charge in [0.15, 0.2) is 9.84 Å². The van der Waals surface area contributed by atoms with Gasteiger partial charge in [0, 0.05) is 11.1 Å². The fourth-order valence-electron chi connectivity index (χ4n) is 1.82. The average molecular weight is 302 g/mol. The predicted octanol–water partition coefficient (Wildman–Crippen LogP) is 0.166. The standard InChI is InChI=1S/C11H14N2O4S2/c1-8-2-3-9(12)6-11(8)19(16,17)13-10-4-5-18(14,15)7-10/h2-6,10,13H,7,12H2,1H3. The smallest absolute Gasteiger partial charge is 0.241 e. The average Bonchev–Trinajstić information content (AvgIpc) is 2.60. The Labute approximate surface area is 112 Å². The molecular weight excluding hydrogens is 288 g/mol. The molecule has 1 aromatic carbocycles. The molecule has 19 heavy (non-hydrogen) atoms. The highest BCUT2D eigenvalue weighted by Gasteiger charge is 2.27. The summed E-state index contributed by atoms with van der Waals surface area (Å²) in [6.45, 7) is 1.65. The molecule has 8 heteroatoms. The second-order valence-corrected chi connectivity index (χ2v) is 8.02. The van der Waals surface area contributed by atoms with Crippen LogP contribution in [0.1, 0.15) is 5.56 Å². The first-order valence-corrected chi connectivity index (χ1v) is 8.69. The molecule has 3 N–H and O–H groups in total. The molecule has 1 atom stereocenters. The molecule has 104 valence electrons. The highest BCUT2D eigenvalue weighted by molar-refractivity contribution is 7.94. The lowest BCUT2D eigenvalue weighted by molar-refractivity contribution is 0.574. The van der Waals surface area contributed by atoms with E-state index < -0.39 is 25.9 Å². The monoisotopic (exact) mass is 302 g/mol. The highest BCUT2D eigenvalue weighted by atomic mass is 32.2. The first-order valence-electron chi connectivity index (χ1n) is 5.49. The topological polar surface area (TPSA) is 106 Å². The molecule has 0 aliphatic carbocycles. The maximum Gasteiger partial charge on any atom is 0.241 e. The van der Waals surface area contributed by atoms with E-state index in [4.69, 9.17) is 5.73 Å². The lowest BCUT2D eigenvalue weighted by Crippen LogP contribution is -2.35. The zero-order chi connectivity index (χ0) is 14.3. The molecule has 1 aliphatic rings. The van der Waals surface area contributed by atoms with Crippen molar-refractivity contribution in [1.29, 1.82) is 0 Å². The van der Waals surface area contributed by atoms with Crippen LogP contribution in [0.25, 0.3) is 0 Å². The molecule has 1 aliphatic heterocycles. The molecule has 1 heterocycles. The SMILES string of the molecule is Cc1ccc(N)cc1S(=O)(=O)NC1C=CS(=O)(=O)C1. The second kappa shape index (κ2) is 4.62. The molecule has 1 aromatic rings. The van der Waals surface area contributed by atoms with E-state index in [2.05, 4.69) is 4.72 Å². The van der Waals surface area contributed by atoms with Crippen molar-refractivity contribution in [1.82, 2.24) is 4.72 Å². The van der Waals surface area contributed by atoms with Crippen LogP contribution in [0.15, 0.2) is 34.6 Å². The minimum absolute atomic E-state index is 0.0604. The largest absolute Gasteiger partial charge is 0.399 e. The number of aryl methyl sites for hydroxylation is 1. The van der Waals surface area contributed by atoms with E-state index in [1.807, 2.05) is 0 Å². The predicted molar refractivity (Wildman–Crippen MR) is 72.6 cm³/mol. The molecule has 0 fully saturated rings. The summed E-state index contributed by atoms with van der Waals surface area (Å²) in [6.07, 6.45) is 1.33. The van der Waals surface area contributed by atoms with E-state index >= 15 is 0 Å². The fraction of sp³-hybridized carbons (Fsp3) is 0.273. The zero-order valence-corrected chi connectivity index (χ0v) is 11.8. The van der Waals surface area contributed by atoms with E-state index in [1.165, 1.54) is 12.1 Å². The third-order valence-corrected chi connectivity index (χ3v) is 5.77. The Morgan fingerprint density at radius 2 is 2.05 bits per heavy atom. The number of nitrogens with one attached hydrogen (secondary N) is 1. The van der Waals surface area contributed by atoms with Gasteiger partial charge in [0.2, 0.25) is 10.0 Å².